The predicted octanol–water partition coefficient (Wildman–Crippen LogP) is 3.01. The van der Waals surface area contributed by atoms with E-state index in [1.807, 2.05) is 43.3 Å². The maximum atomic E-state index is 13.6. The third kappa shape index (κ3) is 3.89. The van der Waals surface area contributed by atoms with Crippen LogP contribution in [-0.2, 0) is 0 Å². The highest BCUT2D eigenvalue weighted by Gasteiger charge is 2.12. The molecule has 2 aromatic rings. The summed E-state index contributed by atoms with van der Waals surface area (Å²) < 4.78 is 24.1. The molecule has 4 nitrogen and oxygen atoms in total. The summed E-state index contributed by atoms with van der Waals surface area (Å²) in [5.74, 6) is 0.295. The molecule has 0 amide bonds. The van der Waals surface area contributed by atoms with E-state index in [0.29, 0.717) is 11.3 Å². The third-order valence-electron chi connectivity index (χ3n) is 3.30. The number of halogens is 1. The van der Waals surface area contributed by atoms with Crippen LogP contribution < -0.4 is 14.4 Å². The first-order valence-corrected chi connectivity index (χ1v) is 6.93. The third-order valence-corrected chi connectivity index (χ3v) is 3.30. The Hall–Kier alpha value is -2.27. The summed E-state index contributed by atoms with van der Waals surface area (Å²) in [4.78, 5) is 1.96. The molecule has 1 unspecified atom stereocenters. The van der Waals surface area contributed by atoms with E-state index in [9.17, 15) is 9.50 Å². The fourth-order valence-corrected chi connectivity index (χ4v) is 2.01. The Morgan fingerprint density at radius 3 is 2.59 bits per heavy atom. The minimum atomic E-state index is -0.914. The molecule has 0 aromatic heterocycles. The lowest BCUT2D eigenvalue weighted by atomic mass is 10.1. The fraction of sp³-hybridized carbons (Fsp3) is 0.294. The van der Waals surface area contributed by atoms with Gasteiger partial charge in [-0.3, -0.25) is 0 Å². The number of nitrogens with zero attached hydrogens (tertiary/aromatic N) is 1. The summed E-state index contributed by atoms with van der Waals surface area (Å²) in [6.07, 6.45) is -0.914. The number of aliphatic hydroxyl groups excluding tert-OH is 1. The molecule has 22 heavy (non-hydrogen) atoms. The standard InChI is InChI=1S/C17H20FNO3/c1-19(2)13-5-4-6-14(10-13)22-11-16(20)12-7-8-17(21-3)15(18)9-12/h4-10,16,20H,11H2,1-3H3. The zero-order valence-corrected chi connectivity index (χ0v) is 12.9. The predicted molar refractivity (Wildman–Crippen MR) is 84.2 cm³/mol. The molecular formula is C17H20FNO3. The van der Waals surface area contributed by atoms with Gasteiger partial charge in [-0.15, -0.1) is 0 Å². The quantitative estimate of drug-likeness (QED) is 0.891. The van der Waals surface area contributed by atoms with Crippen molar-refractivity contribution in [3.05, 3.63) is 53.8 Å². The second-order valence-electron chi connectivity index (χ2n) is 5.11. The Bertz CT molecular complexity index is 631. The highest BCUT2D eigenvalue weighted by Crippen LogP contribution is 2.24. The van der Waals surface area contributed by atoms with Crippen molar-refractivity contribution in [1.29, 1.82) is 0 Å². The number of ether oxygens (including phenoxy) is 2. The van der Waals surface area contributed by atoms with Gasteiger partial charge < -0.3 is 19.5 Å². The van der Waals surface area contributed by atoms with Crippen LogP contribution in [0.1, 0.15) is 11.7 Å². The van der Waals surface area contributed by atoms with Gasteiger partial charge in [-0.1, -0.05) is 12.1 Å². The van der Waals surface area contributed by atoms with Crippen LogP contribution in [0, 0.1) is 5.82 Å². The van der Waals surface area contributed by atoms with Gasteiger partial charge in [0.05, 0.1) is 7.11 Å². The summed E-state index contributed by atoms with van der Waals surface area (Å²) in [7, 11) is 5.28. The number of aliphatic hydroxyl groups is 1. The van der Waals surface area contributed by atoms with E-state index in [0.717, 1.165) is 5.69 Å². The molecular weight excluding hydrogens is 285 g/mol. The molecule has 0 aliphatic heterocycles. The molecule has 0 radical (unpaired) electrons. The van der Waals surface area contributed by atoms with E-state index < -0.39 is 11.9 Å². The van der Waals surface area contributed by atoms with Gasteiger partial charge in [0.2, 0.25) is 0 Å². The molecule has 118 valence electrons. The molecule has 0 heterocycles. The zero-order chi connectivity index (χ0) is 16.1. The maximum absolute atomic E-state index is 13.6. The Morgan fingerprint density at radius 1 is 1.18 bits per heavy atom. The smallest absolute Gasteiger partial charge is 0.165 e. The Morgan fingerprint density at radius 2 is 1.95 bits per heavy atom. The molecule has 0 fully saturated rings. The van der Waals surface area contributed by atoms with Crippen molar-refractivity contribution in [3.8, 4) is 11.5 Å². The maximum Gasteiger partial charge on any atom is 0.165 e. The molecule has 1 N–H and O–H groups in total. The molecule has 2 aromatic carbocycles. The number of rotatable bonds is 6. The average Bonchev–Trinajstić information content (AvgIpc) is 2.52. The van der Waals surface area contributed by atoms with Crippen molar-refractivity contribution in [2.45, 2.75) is 6.10 Å². The first-order chi connectivity index (χ1) is 10.5. The van der Waals surface area contributed by atoms with Crippen LogP contribution >= 0.6 is 0 Å². The zero-order valence-electron chi connectivity index (χ0n) is 12.9. The van der Waals surface area contributed by atoms with Gasteiger partial charge in [0.1, 0.15) is 18.5 Å². The summed E-state index contributed by atoms with van der Waals surface area (Å²) in [6, 6.07) is 11.9. The average molecular weight is 305 g/mol. The van der Waals surface area contributed by atoms with Gasteiger partial charge in [-0.25, -0.2) is 4.39 Å². The molecule has 2 rings (SSSR count). The fourth-order valence-electron chi connectivity index (χ4n) is 2.01. The molecule has 5 heteroatoms. The van der Waals surface area contributed by atoms with Crippen LogP contribution in [0.25, 0.3) is 0 Å². The molecule has 0 saturated carbocycles. The second-order valence-corrected chi connectivity index (χ2v) is 5.11. The normalized spacial score (nSPS) is 11.9. The number of hydrogen-bond acceptors (Lipinski definition) is 4. The van der Waals surface area contributed by atoms with E-state index in [-0.39, 0.29) is 12.4 Å². The Kier molecular flexibility index (Phi) is 5.22. The highest BCUT2D eigenvalue weighted by molar-refractivity contribution is 5.49. The van der Waals surface area contributed by atoms with Crippen LogP contribution in [0.3, 0.4) is 0 Å². The molecule has 0 spiro atoms. The van der Waals surface area contributed by atoms with Crippen LogP contribution in [0.15, 0.2) is 42.5 Å². The topological polar surface area (TPSA) is 41.9 Å². The van der Waals surface area contributed by atoms with Gasteiger partial charge in [0.15, 0.2) is 11.6 Å². The highest BCUT2D eigenvalue weighted by atomic mass is 19.1. The minimum absolute atomic E-state index is 0.0443. The van der Waals surface area contributed by atoms with E-state index in [2.05, 4.69) is 0 Å². The number of benzene rings is 2. The van der Waals surface area contributed by atoms with Crippen LogP contribution in [0.4, 0.5) is 10.1 Å². The van der Waals surface area contributed by atoms with Gasteiger partial charge in [-0.2, -0.15) is 0 Å². The lowest BCUT2D eigenvalue weighted by Gasteiger charge is -2.16. The lowest BCUT2D eigenvalue weighted by Crippen LogP contribution is -2.11. The SMILES string of the molecule is COc1ccc(C(O)COc2cccc(N(C)C)c2)cc1F. The Labute approximate surface area is 129 Å². The number of methoxy groups -OCH3 is 1. The van der Waals surface area contributed by atoms with Crippen LogP contribution in [0.5, 0.6) is 11.5 Å². The van der Waals surface area contributed by atoms with Crippen molar-refractivity contribution in [2.75, 3.05) is 32.7 Å². The molecule has 1 atom stereocenters. The van der Waals surface area contributed by atoms with E-state index in [4.69, 9.17) is 9.47 Å². The van der Waals surface area contributed by atoms with E-state index in [1.165, 1.54) is 19.2 Å². The van der Waals surface area contributed by atoms with Crippen molar-refractivity contribution < 1.29 is 19.0 Å². The first kappa shape index (κ1) is 16.1. The van der Waals surface area contributed by atoms with Crippen LogP contribution in [0.2, 0.25) is 0 Å². The van der Waals surface area contributed by atoms with Crippen molar-refractivity contribution >= 4 is 5.69 Å². The minimum Gasteiger partial charge on any atom is -0.494 e. The van der Waals surface area contributed by atoms with Crippen molar-refractivity contribution in [2.24, 2.45) is 0 Å². The molecule has 0 aliphatic carbocycles. The lowest BCUT2D eigenvalue weighted by molar-refractivity contribution is 0.108. The second kappa shape index (κ2) is 7.13. The van der Waals surface area contributed by atoms with Gasteiger partial charge in [-0.05, 0) is 29.8 Å². The monoisotopic (exact) mass is 305 g/mol. The Balaban J connectivity index is 2.02. The molecule has 0 aliphatic rings. The number of hydrogen-bond donors (Lipinski definition) is 1. The van der Waals surface area contributed by atoms with Gasteiger partial charge in [0.25, 0.3) is 0 Å². The summed E-state index contributed by atoms with van der Waals surface area (Å²) in [5, 5.41) is 10.1. The van der Waals surface area contributed by atoms with Crippen molar-refractivity contribution in [1.82, 2.24) is 0 Å². The summed E-state index contributed by atoms with van der Waals surface area (Å²) in [6.45, 7) is 0.0443. The van der Waals surface area contributed by atoms with Gasteiger partial charge in [0, 0.05) is 25.8 Å². The van der Waals surface area contributed by atoms with E-state index in [1.54, 1.807) is 6.07 Å². The summed E-state index contributed by atoms with van der Waals surface area (Å²) in [5.41, 5.74) is 1.45. The van der Waals surface area contributed by atoms with Crippen molar-refractivity contribution in [3.63, 3.8) is 0 Å². The largest absolute Gasteiger partial charge is 0.494 e. The van der Waals surface area contributed by atoms with E-state index >= 15 is 0 Å². The first-order valence-electron chi connectivity index (χ1n) is 6.93. The van der Waals surface area contributed by atoms with Gasteiger partial charge >= 0.3 is 0 Å². The molecule has 0 saturated heterocycles. The summed E-state index contributed by atoms with van der Waals surface area (Å²) >= 11 is 0. The van der Waals surface area contributed by atoms with Crippen LogP contribution in [-0.4, -0.2) is 32.9 Å². The molecule has 0 bridgehead atoms. The number of anilines is 1.